The fourth-order valence-electron chi connectivity index (χ4n) is 0.723. The van der Waals surface area contributed by atoms with Gasteiger partial charge in [0, 0.05) is 6.21 Å². The Bertz CT molecular complexity index is 247. The summed E-state index contributed by atoms with van der Waals surface area (Å²) in [6.07, 6.45) is 3.31. The van der Waals surface area contributed by atoms with E-state index in [-0.39, 0.29) is 0 Å². The highest BCUT2D eigenvalue weighted by molar-refractivity contribution is 6.78. The lowest BCUT2D eigenvalue weighted by Gasteiger charge is -2.37. The van der Waals surface area contributed by atoms with E-state index < -0.39 is 8.24 Å². The number of nitrogens with one attached hydrogen (secondary N) is 1. The molecule has 0 aliphatic heterocycles. The van der Waals surface area contributed by atoms with E-state index in [4.69, 9.17) is 0 Å². The zero-order valence-electron chi connectivity index (χ0n) is 10.0. The Balaban J connectivity index is 4.44. The van der Waals surface area contributed by atoms with Gasteiger partial charge in [0.2, 0.25) is 0 Å². The molecule has 0 saturated carbocycles. The molecule has 0 amide bonds. The van der Waals surface area contributed by atoms with Crippen LogP contribution in [0.5, 0.6) is 0 Å². The average Bonchev–Trinajstić information content (AvgIpc) is 1.97. The summed E-state index contributed by atoms with van der Waals surface area (Å²) >= 11 is 0. The molecule has 0 atom stereocenters. The first-order valence-electron chi connectivity index (χ1n) is 4.83. The van der Waals surface area contributed by atoms with Crippen molar-refractivity contribution in [1.29, 1.82) is 0 Å². The van der Waals surface area contributed by atoms with Gasteiger partial charge >= 0.3 is 0 Å². The van der Waals surface area contributed by atoms with Gasteiger partial charge in [-0.25, -0.2) is 4.99 Å². The molecule has 0 aromatic rings. The molecule has 0 spiro atoms. The van der Waals surface area contributed by atoms with E-state index >= 15 is 0 Å². The monoisotopic (exact) mass is 210 g/mol. The van der Waals surface area contributed by atoms with Crippen LogP contribution in [-0.2, 0) is 0 Å². The van der Waals surface area contributed by atoms with E-state index in [2.05, 4.69) is 57.0 Å². The molecule has 2 nitrogen and oxygen atoms in total. The van der Waals surface area contributed by atoms with Crippen molar-refractivity contribution in [3.8, 4) is 0 Å². The molecule has 0 aliphatic rings. The summed E-state index contributed by atoms with van der Waals surface area (Å²) in [7, 11) is -1.52. The molecule has 0 bridgehead atoms. The summed E-state index contributed by atoms with van der Waals surface area (Å²) < 4.78 is 0. The molecule has 0 heterocycles. The molecule has 0 aromatic carbocycles. The number of allylic oxidation sites excluding steroid dienone is 1. The SMILES string of the molecule is C=CC=NC(=C)N[Si](C)(C)C(C)(C)C. The molecule has 0 fully saturated rings. The van der Waals surface area contributed by atoms with Crippen LogP contribution in [0.1, 0.15) is 20.8 Å². The van der Waals surface area contributed by atoms with Gasteiger partial charge in [-0.2, -0.15) is 0 Å². The molecule has 14 heavy (non-hydrogen) atoms. The Morgan fingerprint density at radius 2 is 1.86 bits per heavy atom. The lowest BCUT2D eigenvalue weighted by atomic mass is 10.2. The first-order valence-corrected chi connectivity index (χ1v) is 7.83. The molecule has 1 N–H and O–H groups in total. The lowest BCUT2D eigenvalue weighted by Crippen LogP contribution is -2.51. The van der Waals surface area contributed by atoms with Crippen molar-refractivity contribution < 1.29 is 0 Å². The van der Waals surface area contributed by atoms with Gasteiger partial charge in [-0.15, -0.1) is 0 Å². The number of nitrogens with zero attached hydrogens (tertiary/aromatic N) is 1. The zero-order chi connectivity index (χ0) is 11.4. The summed E-state index contributed by atoms with van der Waals surface area (Å²) in [5, 5.41) is 0.291. The number of hydrogen-bond donors (Lipinski definition) is 1. The van der Waals surface area contributed by atoms with Gasteiger partial charge in [-0.05, 0) is 5.04 Å². The molecule has 0 rings (SSSR count). The maximum absolute atomic E-state index is 4.13. The van der Waals surface area contributed by atoms with Crippen LogP contribution < -0.4 is 4.98 Å². The Kier molecular flexibility index (Phi) is 4.32. The minimum atomic E-state index is -1.52. The maximum Gasteiger partial charge on any atom is 0.154 e. The van der Waals surface area contributed by atoms with Crippen LogP contribution in [0, 0.1) is 0 Å². The second-order valence-corrected chi connectivity index (χ2v) is 9.96. The lowest BCUT2D eigenvalue weighted by molar-refractivity contribution is 0.700. The van der Waals surface area contributed by atoms with E-state index in [0.717, 1.165) is 5.82 Å². The van der Waals surface area contributed by atoms with Crippen LogP contribution in [-0.4, -0.2) is 14.5 Å². The fraction of sp³-hybridized carbons (Fsp3) is 0.545. The van der Waals surface area contributed by atoms with Crippen LogP contribution in [0.15, 0.2) is 30.0 Å². The molecular weight excluding hydrogens is 188 g/mol. The average molecular weight is 210 g/mol. The maximum atomic E-state index is 4.13. The van der Waals surface area contributed by atoms with E-state index in [9.17, 15) is 0 Å². The van der Waals surface area contributed by atoms with Gasteiger partial charge in [0.05, 0.1) is 0 Å². The standard InChI is InChI=1S/C11H22N2Si/c1-8-9-12-10(2)13-14(6,7)11(3,4)5/h8-9,13H,1-2H2,3-7H3. The van der Waals surface area contributed by atoms with E-state index in [1.54, 1.807) is 12.3 Å². The second kappa shape index (κ2) is 4.60. The summed E-state index contributed by atoms with van der Waals surface area (Å²) in [5.41, 5.74) is 0. The minimum absolute atomic E-state index is 0.291. The van der Waals surface area contributed by atoms with Crippen molar-refractivity contribution >= 4 is 14.5 Å². The first kappa shape index (κ1) is 13.2. The van der Waals surface area contributed by atoms with Gasteiger partial charge in [0.25, 0.3) is 0 Å². The molecular formula is C11H22N2Si. The Labute approximate surface area is 88.9 Å². The third-order valence-corrected chi connectivity index (χ3v) is 7.33. The van der Waals surface area contributed by atoms with Gasteiger partial charge in [-0.3, -0.25) is 0 Å². The number of aliphatic imine (C=N–C) groups is 1. The quantitative estimate of drug-likeness (QED) is 0.559. The third-order valence-electron chi connectivity index (χ3n) is 2.67. The highest BCUT2D eigenvalue weighted by Crippen LogP contribution is 2.34. The molecule has 3 heteroatoms. The van der Waals surface area contributed by atoms with E-state index in [1.807, 2.05) is 0 Å². The Hall–Kier alpha value is -0.833. The highest BCUT2D eigenvalue weighted by atomic mass is 28.3. The molecule has 0 saturated heterocycles. The summed E-state index contributed by atoms with van der Waals surface area (Å²) in [4.78, 5) is 7.56. The normalized spacial score (nSPS) is 12.9. The topological polar surface area (TPSA) is 24.4 Å². The Morgan fingerprint density at radius 1 is 1.36 bits per heavy atom. The van der Waals surface area contributed by atoms with Crippen molar-refractivity contribution in [3.05, 3.63) is 25.1 Å². The van der Waals surface area contributed by atoms with Crippen molar-refractivity contribution in [1.82, 2.24) is 4.98 Å². The molecule has 0 unspecified atom stereocenters. The summed E-state index contributed by atoms with van der Waals surface area (Å²) in [6.45, 7) is 18.7. The van der Waals surface area contributed by atoms with Crippen LogP contribution in [0.4, 0.5) is 0 Å². The van der Waals surface area contributed by atoms with Gasteiger partial charge in [0.15, 0.2) is 8.24 Å². The predicted molar refractivity (Wildman–Crippen MR) is 68.2 cm³/mol. The van der Waals surface area contributed by atoms with Crippen LogP contribution in [0.3, 0.4) is 0 Å². The van der Waals surface area contributed by atoms with Crippen LogP contribution in [0.25, 0.3) is 0 Å². The fourth-order valence-corrected chi connectivity index (χ4v) is 1.88. The van der Waals surface area contributed by atoms with Crippen molar-refractivity contribution in [2.75, 3.05) is 0 Å². The molecule has 0 aliphatic carbocycles. The predicted octanol–water partition coefficient (Wildman–Crippen LogP) is 3.31. The summed E-state index contributed by atoms with van der Waals surface area (Å²) in [6, 6.07) is 0. The first-order chi connectivity index (χ1) is 6.20. The van der Waals surface area contributed by atoms with Gasteiger partial charge in [0.1, 0.15) is 5.82 Å². The minimum Gasteiger partial charge on any atom is -0.396 e. The highest BCUT2D eigenvalue weighted by Gasteiger charge is 2.35. The molecule has 80 valence electrons. The van der Waals surface area contributed by atoms with Crippen LogP contribution >= 0.6 is 0 Å². The van der Waals surface area contributed by atoms with E-state index in [1.165, 1.54) is 0 Å². The largest absolute Gasteiger partial charge is 0.396 e. The van der Waals surface area contributed by atoms with E-state index in [0.29, 0.717) is 5.04 Å². The van der Waals surface area contributed by atoms with Gasteiger partial charge in [-0.1, -0.05) is 53.1 Å². The van der Waals surface area contributed by atoms with Crippen molar-refractivity contribution in [3.63, 3.8) is 0 Å². The molecule has 0 radical (unpaired) electrons. The smallest absolute Gasteiger partial charge is 0.154 e. The zero-order valence-corrected chi connectivity index (χ0v) is 11.0. The Morgan fingerprint density at radius 3 is 2.21 bits per heavy atom. The second-order valence-electron chi connectivity index (χ2n) is 4.96. The third kappa shape index (κ3) is 3.92. The number of rotatable bonds is 4. The van der Waals surface area contributed by atoms with Crippen LogP contribution in [0.2, 0.25) is 18.1 Å². The summed E-state index contributed by atoms with van der Waals surface area (Å²) in [5.74, 6) is 0.733. The van der Waals surface area contributed by atoms with Gasteiger partial charge < -0.3 is 4.98 Å². The molecule has 0 aromatic heterocycles. The number of hydrogen-bond acceptors (Lipinski definition) is 2. The van der Waals surface area contributed by atoms with Crippen molar-refractivity contribution in [2.24, 2.45) is 4.99 Å². The van der Waals surface area contributed by atoms with Crippen molar-refractivity contribution in [2.45, 2.75) is 38.9 Å².